The zero-order valence-corrected chi connectivity index (χ0v) is 12.0. The van der Waals surface area contributed by atoms with Crippen LogP contribution in [0.4, 0.5) is 0 Å². The van der Waals surface area contributed by atoms with Gasteiger partial charge in [-0.3, -0.25) is 9.59 Å². The number of piperazine rings is 1. The molecule has 1 aromatic heterocycles. The molecule has 2 heterocycles. The summed E-state index contributed by atoms with van der Waals surface area (Å²) in [6.07, 6.45) is 2.02. The minimum Gasteiger partial charge on any atom is -0.444 e. The van der Waals surface area contributed by atoms with E-state index in [0.29, 0.717) is 11.8 Å². The largest absolute Gasteiger partial charge is 0.444 e. The Kier molecular flexibility index (Phi) is 3.03. The van der Waals surface area contributed by atoms with Crippen LogP contribution in [0.3, 0.4) is 0 Å². The maximum Gasteiger partial charge on any atom is 0.246 e. The van der Waals surface area contributed by atoms with Crippen LogP contribution in [0.5, 0.6) is 0 Å². The van der Waals surface area contributed by atoms with E-state index in [9.17, 15) is 9.59 Å². The average Bonchev–Trinajstić information content (AvgIpc) is 3.18. The number of carbonyl (C=O) groups excluding carboxylic acids is 2. The minimum absolute atomic E-state index is 0.0203. The van der Waals surface area contributed by atoms with E-state index < -0.39 is 6.04 Å². The fraction of sp³-hybridized carbons (Fsp3) is 0.643. The Morgan fingerprint density at radius 2 is 2.05 bits per heavy atom. The van der Waals surface area contributed by atoms with Crippen LogP contribution in [0.25, 0.3) is 0 Å². The van der Waals surface area contributed by atoms with Crippen molar-refractivity contribution in [2.75, 3.05) is 0 Å². The summed E-state index contributed by atoms with van der Waals surface area (Å²) < 4.78 is 5.52. The first-order valence-electron chi connectivity index (χ1n) is 7.01. The Bertz CT molecular complexity index is 543. The SMILES string of the molecule is Cc1nc(CN2C(=O)C(C3CC3)NC(=O)C2C)oc1C. The van der Waals surface area contributed by atoms with Gasteiger partial charge in [-0.05, 0) is 39.5 Å². The highest BCUT2D eigenvalue weighted by Crippen LogP contribution is 2.35. The fourth-order valence-electron chi connectivity index (χ4n) is 2.56. The summed E-state index contributed by atoms with van der Waals surface area (Å²) in [5.74, 6) is 1.42. The van der Waals surface area contributed by atoms with Gasteiger partial charge in [0, 0.05) is 0 Å². The van der Waals surface area contributed by atoms with Gasteiger partial charge in [-0.25, -0.2) is 4.98 Å². The van der Waals surface area contributed by atoms with Gasteiger partial charge in [0.15, 0.2) is 0 Å². The molecule has 2 unspecified atom stereocenters. The molecular weight excluding hydrogens is 258 g/mol. The monoisotopic (exact) mass is 277 g/mol. The first kappa shape index (κ1) is 13.1. The van der Waals surface area contributed by atoms with Crippen molar-refractivity contribution in [1.29, 1.82) is 0 Å². The lowest BCUT2D eigenvalue weighted by Crippen LogP contribution is -2.62. The summed E-state index contributed by atoms with van der Waals surface area (Å²) in [7, 11) is 0. The summed E-state index contributed by atoms with van der Waals surface area (Å²) >= 11 is 0. The number of amides is 2. The molecule has 1 N–H and O–H groups in total. The van der Waals surface area contributed by atoms with Gasteiger partial charge in [-0.2, -0.15) is 0 Å². The predicted molar refractivity (Wildman–Crippen MR) is 70.6 cm³/mol. The molecule has 2 aliphatic rings. The molecule has 20 heavy (non-hydrogen) atoms. The second-order valence-electron chi connectivity index (χ2n) is 5.72. The van der Waals surface area contributed by atoms with E-state index in [1.807, 2.05) is 13.8 Å². The third-order valence-electron chi connectivity index (χ3n) is 4.17. The van der Waals surface area contributed by atoms with Crippen molar-refractivity contribution in [3.8, 4) is 0 Å². The van der Waals surface area contributed by atoms with Gasteiger partial charge in [0.05, 0.1) is 12.2 Å². The summed E-state index contributed by atoms with van der Waals surface area (Å²) in [5.41, 5.74) is 0.820. The predicted octanol–water partition coefficient (Wildman–Crippen LogP) is 0.917. The van der Waals surface area contributed by atoms with E-state index in [4.69, 9.17) is 4.42 Å². The standard InChI is InChI=1S/C14H19N3O3/c1-7-9(3)20-11(15-7)6-17-8(2)13(18)16-12(14(17)19)10-4-5-10/h8,10,12H,4-6H2,1-3H3,(H,16,18). The van der Waals surface area contributed by atoms with E-state index in [-0.39, 0.29) is 24.4 Å². The Balaban J connectivity index is 1.81. The van der Waals surface area contributed by atoms with Crippen LogP contribution in [0, 0.1) is 19.8 Å². The molecular formula is C14H19N3O3. The lowest BCUT2D eigenvalue weighted by atomic mass is 10.0. The molecule has 1 aliphatic heterocycles. The summed E-state index contributed by atoms with van der Waals surface area (Å²) in [6.45, 7) is 5.70. The number of aryl methyl sites for hydroxylation is 2. The van der Waals surface area contributed by atoms with E-state index in [2.05, 4.69) is 10.3 Å². The molecule has 0 radical (unpaired) electrons. The van der Waals surface area contributed by atoms with Gasteiger partial charge >= 0.3 is 0 Å². The molecule has 108 valence electrons. The van der Waals surface area contributed by atoms with Crippen LogP contribution in [0.1, 0.15) is 37.1 Å². The van der Waals surface area contributed by atoms with Crippen LogP contribution >= 0.6 is 0 Å². The number of oxazole rings is 1. The molecule has 1 aliphatic carbocycles. The molecule has 2 atom stereocenters. The van der Waals surface area contributed by atoms with Crippen molar-refractivity contribution in [1.82, 2.24) is 15.2 Å². The molecule has 6 heteroatoms. The lowest BCUT2D eigenvalue weighted by Gasteiger charge is -2.36. The molecule has 3 rings (SSSR count). The van der Waals surface area contributed by atoms with Crippen molar-refractivity contribution in [3.63, 3.8) is 0 Å². The maximum absolute atomic E-state index is 12.5. The van der Waals surface area contributed by atoms with Crippen molar-refractivity contribution >= 4 is 11.8 Å². The Morgan fingerprint density at radius 1 is 1.35 bits per heavy atom. The highest BCUT2D eigenvalue weighted by Gasteiger charge is 2.45. The van der Waals surface area contributed by atoms with Crippen molar-refractivity contribution in [2.45, 2.75) is 52.2 Å². The number of hydrogen-bond acceptors (Lipinski definition) is 4. The van der Waals surface area contributed by atoms with Gasteiger partial charge in [-0.1, -0.05) is 0 Å². The molecule has 2 fully saturated rings. The van der Waals surface area contributed by atoms with Crippen LogP contribution in [-0.4, -0.2) is 33.8 Å². The second kappa shape index (κ2) is 4.61. The zero-order valence-electron chi connectivity index (χ0n) is 12.0. The number of aromatic nitrogens is 1. The normalized spacial score (nSPS) is 26.9. The highest BCUT2D eigenvalue weighted by molar-refractivity contribution is 5.97. The Labute approximate surface area is 117 Å². The first-order chi connectivity index (χ1) is 9.47. The summed E-state index contributed by atoms with van der Waals surface area (Å²) in [4.78, 5) is 30.4. The average molecular weight is 277 g/mol. The van der Waals surface area contributed by atoms with Crippen LogP contribution in [-0.2, 0) is 16.1 Å². The fourth-order valence-corrected chi connectivity index (χ4v) is 2.56. The van der Waals surface area contributed by atoms with Crippen LogP contribution < -0.4 is 5.32 Å². The lowest BCUT2D eigenvalue weighted by molar-refractivity contribution is -0.150. The van der Waals surface area contributed by atoms with Crippen molar-refractivity contribution in [3.05, 3.63) is 17.3 Å². The van der Waals surface area contributed by atoms with Crippen LogP contribution in [0.2, 0.25) is 0 Å². The van der Waals surface area contributed by atoms with Gasteiger partial charge < -0.3 is 14.6 Å². The van der Waals surface area contributed by atoms with E-state index in [0.717, 1.165) is 24.3 Å². The molecule has 0 bridgehead atoms. The van der Waals surface area contributed by atoms with E-state index >= 15 is 0 Å². The Morgan fingerprint density at radius 3 is 2.60 bits per heavy atom. The second-order valence-corrected chi connectivity index (χ2v) is 5.72. The molecule has 6 nitrogen and oxygen atoms in total. The van der Waals surface area contributed by atoms with Crippen molar-refractivity contribution in [2.24, 2.45) is 5.92 Å². The van der Waals surface area contributed by atoms with Gasteiger partial charge in [-0.15, -0.1) is 0 Å². The number of hydrogen-bond donors (Lipinski definition) is 1. The van der Waals surface area contributed by atoms with E-state index in [1.165, 1.54) is 0 Å². The number of carbonyl (C=O) groups is 2. The Hall–Kier alpha value is -1.85. The third kappa shape index (κ3) is 2.19. The van der Waals surface area contributed by atoms with Gasteiger partial charge in [0.25, 0.3) is 0 Å². The molecule has 2 amide bonds. The minimum atomic E-state index is -0.481. The van der Waals surface area contributed by atoms with Gasteiger partial charge in [0.1, 0.15) is 17.8 Å². The maximum atomic E-state index is 12.5. The smallest absolute Gasteiger partial charge is 0.246 e. The molecule has 1 aromatic rings. The number of rotatable bonds is 3. The summed E-state index contributed by atoms with van der Waals surface area (Å²) in [6, 6.07) is -0.846. The first-order valence-corrected chi connectivity index (χ1v) is 7.01. The highest BCUT2D eigenvalue weighted by atomic mass is 16.4. The molecule has 0 aromatic carbocycles. The third-order valence-corrected chi connectivity index (χ3v) is 4.17. The quantitative estimate of drug-likeness (QED) is 0.891. The zero-order chi connectivity index (χ0) is 14.4. The molecule has 0 spiro atoms. The number of nitrogens with one attached hydrogen (secondary N) is 1. The van der Waals surface area contributed by atoms with E-state index in [1.54, 1.807) is 11.8 Å². The number of nitrogens with zero attached hydrogens (tertiary/aromatic N) is 2. The van der Waals surface area contributed by atoms with Crippen LogP contribution in [0.15, 0.2) is 4.42 Å². The molecule has 1 saturated carbocycles. The van der Waals surface area contributed by atoms with Gasteiger partial charge in [0.2, 0.25) is 17.7 Å². The summed E-state index contributed by atoms with van der Waals surface area (Å²) in [5, 5.41) is 2.83. The van der Waals surface area contributed by atoms with Crippen molar-refractivity contribution < 1.29 is 14.0 Å². The topological polar surface area (TPSA) is 75.4 Å². The molecule has 1 saturated heterocycles.